The van der Waals surface area contributed by atoms with E-state index in [0.717, 1.165) is 25.9 Å². The molecule has 0 radical (unpaired) electrons. The van der Waals surface area contributed by atoms with E-state index in [-0.39, 0.29) is 6.10 Å². The third kappa shape index (κ3) is 5.42. The van der Waals surface area contributed by atoms with Crippen molar-refractivity contribution in [1.29, 1.82) is 0 Å². The van der Waals surface area contributed by atoms with Crippen LogP contribution in [-0.4, -0.2) is 35.1 Å². The van der Waals surface area contributed by atoms with E-state index in [4.69, 9.17) is 4.74 Å². The zero-order valence-electron chi connectivity index (χ0n) is 19.0. The third-order valence-electron chi connectivity index (χ3n) is 7.75. The van der Waals surface area contributed by atoms with Crippen LogP contribution >= 0.6 is 0 Å². The lowest BCUT2D eigenvalue weighted by molar-refractivity contribution is -0.0424. The molecule has 5 atom stereocenters. The molecule has 3 saturated carbocycles. The molecule has 29 heavy (non-hydrogen) atoms. The highest BCUT2D eigenvalue weighted by Gasteiger charge is 2.50. The molecule has 3 fully saturated rings. The maximum atomic E-state index is 10.0. The van der Waals surface area contributed by atoms with Gasteiger partial charge in [0.05, 0.1) is 18.3 Å². The molecule has 0 aromatic carbocycles. The minimum absolute atomic E-state index is 0.206. The van der Waals surface area contributed by atoms with Crippen LogP contribution < -0.4 is 0 Å². The van der Waals surface area contributed by atoms with Gasteiger partial charge in [0.15, 0.2) is 0 Å². The van der Waals surface area contributed by atoms with Gasteiger partial charge in [-0.25, -0.2) is 0 Å². The molecule has 3 aliphatic rings. The van der Waals surface area contributed by atoms with Crippen LogP contribution in [-0.2, 0) is 4.74 Å². The van der Waals surface area contributed by atoms with Crippen molar-refractivity contribution in [3.8, 4) is 0 Å². The number of ether oxygens (including phenoxy) is 1. The molecule has 0 aromatic rings. The fourth-order valence-corrected chi connectivity index (χ4v) is 6.22. The predicted molar refractivity (Wildman–Crippen MR) is 120 cm³/mol. The van der Waals surface area contributed by atoms with Crippen molar-refractivity contribution in [3.63, 3.8) is 0 Å². The number of allylic oxidation sites excluding steroid dienone is 4. The quantitative estimate of drug-likeness (QED) is 0.610. The summed E-state index contributed by atoms with van der Waals surface area (Å²) in [4.78, 5) is 0. The Morgan fingerprint density at radius 1 is 1.24 bits per heavy atom. The highest BCUT2D eigenvalue weighted by Crippen LogP contribution is 2.59. The first-order valence-corrected chi connectivity index (χ1v) is 11.7. The largest absolute Gasteiger partial charge is 0.393 e. The zero-order valence-corrected chi connectivity index (χ0v) is 19.0. The maximum Gasteiger partial charge on any atom is 0.0824 e. The lowest BCUT2D eigenvalue weighted by atomic mass is 9.61. The van der Waals surface area contributed by atoms with Crippen molar-refractivity contribution < 1.29 is 14.9 Å². The summed E-state index contributed by atoms with van der Waals surface area (Å²) in [6.45, 7) is 13.8. The second-order valence-corrected chi connectivity index (χ2v) is 10.8. The Hall–Kier alpha value is -0.900. The summed E-state index contributed by atoms with van der Waals surface area (Å²) in [5, 5.41) is 19.9. The first-order valence-electron chi connectivity index (χ1n) is 11.7. The molecule has 0 unspecified atom stereocenters. The molecule has 2 N–H and O–H groups in total. The number of hydrogen-bond acceptors (Lipinski definition) is 3. The second-order valence-electron chi connectivity index (χ2n) is 10.8. The number of aliphatic hydroxyl groups is 2. The van der Waals surface area contributed by atoms with E-state index in [0.29, 0.717) is 29.8 Å². The van der Waals surface area contributed by atoms with Crippen molar-refractivity contribution in [1.82, 2.24) is 0 Å². The zero-order chi connectivity index (χ0) is 21.2. The average molecular weight is 403 g/mol. The van der Waals surface area contributed by atoms with Crippen LogP contribution in [0.15, 0.2) is 35.5 Å². The molecule has 0 heterocycles. The van der Waals surface area contributed by atoms with Gasteiger partial charge in [0.25, 0.3) is 0 Å². The SMILES string of the molecule is C=C1CC[C@H](O)C/C1=C\C=C1/CCC[C@]2(C)[C@@H]([C@H](C)COCC(C)(C)O)CC[C@@H]12. The minimum Gasteiger partial charge on any atom is -0.393 e. The molecule has 0 amide bonds. The molecule has 0 spiro atoms. The molecule has 3 nitrogen and oxygen atoms in total. The van der Waals surface area contributed by atoms with Crippen molar-refractivity contribution >= 4 is 0 Å². The topological polar surface area (TPSA) is 49.7 Å². The fourth-order valence-electron chi connectivity index (χ4n) is 6.22. The van der Waals surface area contributed by atoms with Gasteiger partial charge < -0.3 is 14.9 Å². The van der Waals surface area contributed by atoms with Crippen LogP contribution in [0, 0.1) is 23.2 Å². The molecular formula is C26H42O3. The van der Waals surface area contributed by atoms with E-state index >= 15 is 0 Å². The van der Waals surface area contributed by atoms with Crippen molar-refractivity contribution in [2.24, 2.45) is 23.2 Å². The minimum atomic E-state index is -0.757. The first-order chi connectivity index (χ1) is 13.6. The van der Waals surface area contributed by atoms with Gasteiger partial charge in [0, 0.05) is 6.61 Å². The second kappa shape index (κ2) is 9.08. The third-order valence-corrected chi connectivity index (χ3v) is 7.75. The van der Waals surface area contributed by atoms with Gasteiger partial charge in [-0.05, 0) is 94.0 Å². The Morgan fingerprint density at radius 3 is 2.72 bits per heavy atom. The van der Waals surface area contributed by atoms with Gasteiger partial charge in [-0.15, -0.1) is 0 Å². The highest BCUT2D eigenvalue weighted by atomic mass is 16.5. The molecule has 0 saturated heterocycles. The predicted octanol–water partition coefficient (Wildman–Crippen LogP) is 5.58. The number of hydrogen-bond donors (Lipinski definition) is 2. The van der Waals surface area contributed by atoms with Gasteiger partial charge in [-0.1, -0.05) is 43.7 Å². The lowest BCUT2D eigenvalue weighted by Gasteiger charge is -2.44. The summed E-state index contributed by atoms with van der Waals surface area (Å²) in [5.41, 5.74) is 3.64. The molecule has 3 rings (SSSR count). The summed E-state index contributed by atoms with van der Waals surface area (Å²) in [7, 11) is 0. The number of aliphatic hydroxyl groups excluding tert-OH is 1. The fraction of sp³-hybridized carbons (Fsp3) is 0.769. The molecular weight excluding hydrogens is 360 g/mol. The Balaban J connectivity index is 1.68. The van der Waals surface area contributed by atoms with Crippen LogP contribution in [0.2, 0.25) is 0 Å². The summed E-state index contributed by atoms with van der Waals surface area (Å²) in [6.07, 6.45) is 13.3. The van der Waals surface area contributed by atoms with E-state index in [1.54, 1.807) is 19.4 Å². The summed E-state index contributed by atoms with van der Waals surface area (Å²) in [6, 6.07) is 0. The highest BCUT2D eigenvalue weighted by molar-refractivity contribution is 5.36. The maximum absolute atomic E-state index is 10.0. The number of fused-ring (bicyclic) bond motifs is 1. The van der Waals surface area contributed by atoms with Gasteiger partial charge in [0.2, 0.25) is 0 Å². The Bertz CT molecular complexity index is 653. The molecule has 3 heteroatoms. The van der Waals surface area contributed by atoms with E-state index in [1.807, 2.05) is 0 Å². The monoisotopic (exact) mass is 402 g/mol. The standard InChI is InChI=1S/C26H42O3/c1-18-8-11-22(27)15-21(18)10-9-20-7-6-14-26(5)23(12-13-24(20)26)19(2)16-29-17-25(3,4)28/h9-10,19,22-24,27-28H,1,6-8,11-17H2,2-5H3/b20-9+,21-10+/t19-,22+,23-,24+,26-/m1/s1. The Kier molecular flexibility index (Phi) is 7.13. The van der Waals surface area contributed by atoms with E-state index in [1.165, 1.54) is 43.3 Å². The van der Waals surface area contributed by atoms with Gasteiger partial charge in [-0.2, -0.15) is 0 Å². The summed E-state index contributed by atoms with van der Waals surface area (Å²) < 4.78 is 5.87. The van der Waals surface area contributed by atoms with E-state index in [2.05, 4.69) is 32.6 Å². The Morgan fingerprint density at radius 2 is 2.00 bits per heavy atom. The lowest BCUT2D eigenvalue weighted by Crippen LogP contribution is -2.37. The van der Waals surface area contributed by atoms with Crippen LogP contribution in [0.4, 0.5) is 0 Å². The molecule has 164 valence electrons. The molecule has 0 aliphatic heterocycles. The van der Waals surface area contributed by atoms with Crippen LogP contribution in [0.3, 0.4) is 0 Å². The average Bonchev–Trinajstić information content (AvgIpc) is 2.99. The van der Waals surface area contributed by atoms with E-state index < -0.39 is 5.60 Å². The van der Waals surface area contributed by atoms with Gasteiger partial charge >= 0.3 is 0 Å². The van der Waals surface area contributed by atoms with Crippen LogP contribution in [0.5, 0.6) is 0 Å². The van der Waals surface area contributed by atoms with Crippen molar-refractivity contribution in [3.05, 3.63) is 35.5 Å². The van der Waals surface area contributed by atoms with E-state index in [9.17, 15) is 10.2 Å². The molecule has 3 aliphatic carbocycles. The number of rotatable bonds is 6. The van der Waals surface area contributed by atoms with Crippen LogP contribution in [0.1, 0.15) is 79.1 Å². The Labute approximate surface area is 177 Å². The molecule has 0 bridgehead atoms. The summed E-state index contributed by atoms with van der Waals surface area (Å²) in [5.74, 6) is 1.85. The van der Waals surface area contributed by atoms with Crippen molar-refractivity contribution in [2.75, 3.05) is 13.2 Å². The van der Waals surface area contributed by atoms with Gasteiger partial charge in [0.1, 0.15) is 0 Å². The summed E-state index contributed by atoms with van der Waals surface area (Å²) >= 11 is 0. The first kappa shape index (κ1) is 22.8. The smallest absolute Gasteiger partial charge is 0.0824 e. The van der Waals surface area contributed by atoms with Crippen molar-refractivity contribution in [2.45, 2.75) is 90.8 Å². The normalized spacial score (nSPS) is 37.2. The molecule has 0 aromatic heterocycles. The van der Waals surface area contributed by atoms with Gasteiger partial charge in [-0.3, -0.25) is 0 Å². The van der Waals surface area contributed by atoms with Crippen LogP contribution in [0.25, 0.3) is 0 Å².